The SMILES string of the molecule is CNC(C)c1nnc(-c2cc(O)cc(O)c2)s1. The van der Waals surface area contributed by atoms with Gasteiger partial charge in [0.2, 0.25) is 0 Å². The fourth-order valence-corrected chi connectivity index (χ4v) is 2.26. The van der Waals surface area contributed by atoms with E-state index in [-0.39, 0.29) is 17.5 Å². The van der Waals surface area contributed by atoms with Crippen molar-refractivity contribution in [2.75, 3.05) is 7.05 Å². The zero-order valence-corrected chi connectivity index (χ0v) is 10.3. The van der Waals surface area contributed by atoms with Crippen LogP contribution < -0.4 is 5.32 Å². The number of phenols is 2. The first kappa shape index (κ1) is 11.8. The zero-order valence-electron chi connectivity index (χ0n) is 9.51. The molecule has 1 aromatic carbocycles. The van der Waals surface area contributed by atoms with Crippen LogP contribution in [0.3, 0.4) is 0 Å². The summed E-state index contributed by atoms with van der Waals surface area (Å²) in [5, 5.41) is 31.5. The third-order valence-corrected chi connectivity index (χ3v) is 3.55. The Morgan fingerprint density at radius 2 is 1.82 bits per heavy atom. The Balaban J connectivity index is 2.36. The molecule has 1 unspecified atom stereocenters. The summed E-state index contributed by atoms with van der Waals surface area (Å²) in [6, 6.07) is 4.51. The average molecular weight is 251 g/mol. The van der Waals surface area contributed by atoms with E-state index < -0.39 is 0 Å². The lowest BCUT2D eigenvalue weighted by atomic mass is 10.2. The summed E-state index contributed by atoms with van der Waals surface area (Å²) in [7, 11) is 1.85. The van der Waals surface area contributed by atoms with Crippen LogP contribution >= 0.6 is 11.3 Å². The van der Waals surface area contributed by atoms with E-state index in [1.165, 1.54) is 17.4 Å². The highest BCUT2D eigenvalue weighted by Crippen LogP contribution is 2.31. The molecule has 0 saturated carbocycles. The molecule has 1 heterocycles. The van der Waals surface area contributed by atoms with Gasteiger partial charge in [-0.3, -0.25) is 0 Å². The lowest BCUT2D eigenvalue weighted by Gasteiger charge is -2.03. The molecule has 0 aliphatic rings. The monoisotopic (exact) mass is 251 g/mol. The van der Waals surface area contributed by atoms with Crippen molar-refractivity contribution >= 4 is 11.3 Å². The Bertz CT molecular complexity index is 507. The van der Waals surface area contributed by atoms with Crippen LogP contribution in [0.1, 0.15) is 18.0 Å². The number of aromatic nitrogens is 2. The summed E-state index contributed by atoms with van der Waals surface area (Å²) >= 11 is 1.43. The second-order valence-electron chi connectivity index (χ2n) is 3.69. The molecule has 1 aromatic heterocycles. The molecule has 0 spiro atoms. The molecular weight excluding hydrogens is 238 g/mol. The number of aromatic hydroxyl groups is 2. The van der Waals surface area contributed by atoms with Crippen molar-refractivity contribution in [3.05, 3.63) is 23.2 Å². The molecule has 0 aliphatic carbocycles. The van der Waals surface area contributed by atoms with Gasteiger partial charge in [0.25, 0.3) is 0 Å². The standard InChI is InChI=1S/C11H13N3O2S/c1-6(12-2)10-13-14-11(17-10)7-3-8(15)5-9(16)4-7/h3-6,12,15-16H,1-2H3. The molecule has 6 heteroatoms. The molecular formula is C11H13N3O2S. The van der Waals surface area contributed by atoms with E-state index in [1.807, 2.05) is 14.0 Å². The summed E-state index contributed by atoms with van der Waals surface area (Å²) in [6.45, 7) is 1.99. The topological polar surface area (TPSA) is 78.3 Å². The van der Waals surface area contributed by atoms with Crippen LogP contribution in [-0.2, 0) is 0 Å². The summed E-state index contributed by atoms with van der Waals surface area (Å²) < 4.78 is 0. The van der Waals surface area contributed by atoms with Gasteiger partial charge in [0, 0.05) is 11.6 Å². The molecule has 5 nitrogen and oxygen atoms in total. The van der Waals surface area contributed by atoms with Crippen molar-refractivity contribution in [3.63, 3.8) is 0 Å². The van der Waals surface area contributed by atoms with Crippen molar-refractivity contribution in [1.29, 1.82) is 0 Å². The highest BCUT2D eigenvalue weighted by molar-refractivity contribution is 7.14. The minimum Gasteiger partial charge on any atom is -0.508 e. The molecule has 0 saturated heterocycles. The molecule has 0 fully saturated rings. The molecule has 0 amide bonds. The van der Waals surface area contributed by atoms with E-state index in [1.54, 1.807) is 12.1 Å². The van der Waals surface area contributed by atoms with Gasteiger partial charge in [0.05, 0.1) is 6.04 Å². The van der Waals surface area contributed by atoms with Crippen LogP contribution in [-0.4, -0.2) is 27.5 Å². The number of phenolic OH excluding ortho intramolecular Hbond substituents is 2. The van der Waals surface area contributed by atoms with Gasteiger partial charge in [0.15, 0.2) is 0 Å². The predicted molar refractivity (Wildman–Crippen MR) is 66.1 cm³/mol. The number of nitrogens with one attached hydrogen (secondary N) is 1. The number of hydrogen-bond acceptors (Lipinski definition) is 6. The van der Waals surface area contributed by atoms with E-state index in [0.29, 0.717) is 10.6 Å². The maximum absolute atomic E-state index is 9.40. The minimum absolute atomic E-state index is 0.0124. The van der Waals surface area contributed by atoms with Gasteiger partial charge in [0.1, 0.15) is 21.5 Å². The molecule has 0 bridgehead atoms. The smallest absolute Gasteiger partial charge is 0.148 e. The van der Waals surface area contributed by atoms with Crippen molar-refractivity contribution in [2.45, 2.75) is 13.0 Å². The quantitative estimate of drug-likeness (QED) is 0.776. The van der Waals surface area contributed by atoms with E-state index in [0.717, 1.165) is 5.01 Å². The lowest BCUT2D eigenvalue weighted by Crippen LogP contribution is -2.11. The van der Waals surface area contributed by atoms with Crippen molar-refractivity contribution in [3.8, 4) is 22.1 Å². The van der Waals surface area contributed by atoms with Gasteiger partial charge >= 0.3 is 0 Å². The Morgan fingerprint density at radius 3 is 2.41 bits per heavy atom. The van der Waals surface area contributed by atoms with Crippen LogP contribution in [0.15, 0.2) is 18.2 Å². The molecule has 90 valence electrons. The molecule has 2 rings (SSSR count). The summed E-state index contributed by atoms with van der Waals surface area (Å²) in [6.07, 6.45) is 0. The molecule has 3 N–H and O–H groups in total. The Morgan fingerprint density at radius 1 is 1.18 bits per heavy atom. The van der Waals surface area contributed by atoms with Crippen molar-refractivity contribution in [2.24, 2.45) is 0 Å². The Labute approximate surface area is 103 Å². The first-order valence-corrected chi connectivity index (χ1v) is 5.96. The van der Waals surface area contributed by atoms with Gasteiger partial charge < -0.3 is 15.5 Å². The van der Waals surface area contributed by atoms with Crippen LogP contribution in [0.2, 0.25) is 0 Å². The fourth-order valence-electron chi connectivity index (χ4n) is 1.37. The van der Waals surface area contributed by atoms with Gasteiger partial charge in [-0.05, 0) is 26.1 Å². The fraction of sp³-hybridized carbons (Fsp3) is 0.273. The second-order valence-corrected chi connectivity index (χ2v) is 4.70. The third-order valence-electron chi connectivity index (χ3n) is 2.39. The highest BCUT2D eigenvalue weighted by atomic mass is 32.1. The lowest BCUT2D eigenvalue weighted by molar-refractivity contribution is 0.451. The van der Waals surface area contributed by atoms with Crippen LogP contribution in [0.4, 0.5) is 0 Å². The normalized spacial score (nSPS) is 12.6. The Kier molecular flexibility index (Phi) is 3.26. The van der Waals surface area contributed by atoms with Gasteiger partial charge in [-0.2, -0.15) is 0 Å². The van der Waals surface area contributed by atoms with E-state index in [9.17, 15) is 10.2 Å². The van der Waals surface area contributed by atoms with E-state index in [4.69, 9.17) is 0 Å². The zero-order chi connectivity index (χ0) is 12.4. The number of benzene rings is 1. The third kappa shape index (κ3) is 2.54. The maximum atomic E-state index is 9.40. The van der Waals surface area contributed by atoms with Gasteiger partial charge in [-0.1, -0.05) is 11.3 Å². The molecule has 2 aromatic rings. The van der Waals surface area contributed by atoms with Gasteiger partial charge in [-0.15, -0.1) is 10.2 Å². The first-order chi connectivity index (χ1) is 8.10. The molecule has 17 heavy (non-hydrogen) atoms. The van der Waals surface area contributed by atoms with E-state index in [2.05, 4.69) is 15.5 Å². The summed E-state index contributed by atoms with van der Waals surface area (Å²) in [5.41, 5.74) is 0.662. The van der Waals surface area contributed by atoms with Crippen molar-refractivity contribution < 1.29 is 10.2 Å². The average Bonchev–Trinajstić information content (AvgIpc) is 2.76. The highest BCUT2D eigenvalue weighted by Gasteiger charge is 2.12. The summed E-state index contributed by atoms with van der Waals surface area (Å²) in [5.74, 6) is 0.0248. The first-order valence-electron chi connectivity index (χ1n) is 5.14. The van der Waals surface area contributed by atoms with Crippen LogP contribution in [0.5, 0.6) is 11.5 Å². The minimum atomic E-state index is 0.0124. The van der Waals surface area contributed by atoms with Crippen LogP contribution in [0.25, 0.3) is 10.6 Å². The second kappa shape index (κ2) is 4.68. The van der Waals surface area contributed by atoms with Crippen LogP contribution in [0, 0.1) is 0 Å². The maximum Gasteiger partial charge on any atom is 0.148 e. The van der Waals surface area contributed by atoms with Crippen molar-refractivity contribution in [1.82, 2.24) is 15.5 Å². The predicted octanol–water partition coefficient (Wildman–Crippen LogP) is 1.90. The molecule has 0 aliphatic heterocycles. The van der Waals surface area contributed by atoms with Gasteiger partial charge in [-0.25, -0.2) is 0 Å². The van der Waals surface area contributed by atoms with E-state index >= 15 is 0 Å². The molecule has 0 radical (unpaired) electrons. The summed E-state index contributed by atoms with van der Waals surface area (Å²) in [4.78, 5) is 0. The molecule has 1 atom stereocenters. The number of hydrogen-bond donors (Lipinski definition) is 3. The Hall–Kier alpha value is -1.66. The largest absolute Gasteiger partial charge is 0.508 e. The number of nitrogens with zero attached hydrogens (tertiary/aromatic N) is 2. The number of rotatable bonds is 3.